The van der Waals surface area contributed by atoms with Crippen LogP contribution in [0.1, 0.15) is 18.2 Å². The molecule has 1 aromatic rings. The summed E-state index contributed by atoms with van der Waals surface area (Å²) in [7, 11) is 0. The topological polar surface area (TPSA) is 46.0 Å². The molecule has 0 amide bonds. The fourth-order valence-corrected chi connectivity index (χ4v) is 1.10. The van der Waals surface area contributed by atoms with Gasteiger partial charge in [-0.3, -0.25) is 10.4 Å². The molecule has 13 heavy (non-hydrogen) atoms. The highest BCUT2D eigenvalue weighted by Crippen LogP contribution is 2.05. The lowest BCUT2D eigenvalue weighted by molar-refractivity contribution is 0.317. The maximum Gasteiger partial charge on any atom is 0.184 e. The van der Waals surface area contributed by atoms with E-state index in [0.717, 1.165) is 11.3 Å². The van der Waals surface area contributed by atoms with E-state index < -0.39 is 0 Å². The molecule has 0 saturated heterocycles. The van der Waals surface area contributed by atoms with Gasteiger partial charge < -0.3 is 4.74 Å². The molecule has 0 bridgehead atoms. The van der Waals surface area contributed by atoms with Gasteiger partial charge in [0.1, 0.15) is 0 Å². The Bertz CT molecular complexity index is 297. The van der Waals surface area contributed by atoms with Gasteiger partial charge in [0, 0.05) is 11.9 Å². The molecule has 0 aliphatic heterocycles. The van der Waals surface area contributed by atoms with Gasteiger partial charge in [0.2, 0.25) is 0 Å². The minimum Gasteiger partial charge on any atom is -0.481 e. The first kappa shape index (κ1) is 9.71. The van der Waals surface area contributed by atoms with Crippen LogP contribution in [0.2, 0.25) is 0 Å². The Labute approximate surface area is 78.3 Å². The highest BCUT2D eigenvalue weighted by Gasteiger charge is 2.02. The van der Waals surface area contributed by atoms with Crippen LogP contribution in [0.3, 0.4) is 0 Å². The van der Waals surface area contributed by atoms with Crippen molar-refractivity contribution in [3.63, 3.8) is 0 Å². The summed E-state index contributed by atoms with van der Waals surface area (Å²) in [5.41, 5.74) is 2.02. The van der Waals surface area contributed by atoms with Crippen molar-refractivity contribution in [2.45, 2.75) is 20.3 Å². The molecule has 0 atom stereocenters. The summed E-state index contributed by atoms with van der Waals surface area (Å²) in [6, 6.07) is 3.84. The molecular formula is C10H14N2O. The summed E-state index contributed by atoms with van der Waals surface area (Å²) in [5, 5.41) is 7.47. The van der Waals surface area contributed by atoms with Crippen molar-refractivity contribution < 1.29 is 4.74 Å². The molecule has 0 aliphatic carbocycles. The van der Waals surface area contributed by atoms with E-state index in [4.69, 9.17) is 10.1 Å². The van der Waals surface area contributed by atoms with Crippen molar-refractivity contribution in [2.24, 2.45) is 0 Å². The zero-order chi connectivity index (χ0) is 9.68. The predicted octanol–water partition coefficient (Wildman–Crippen LogP) is 1.95. The number of nitrogens with one attached hydrogen (secondary N) is 1. The highest BCUT2D eigenvalue weighted by atomic mass is 16.5. The first-order chi connectivity index (χ1) is 6.24. The van der Waals surface area contributed by atoms with Crippen LogP contribution in [-0.4, -0.2) is 17.5 Å². The number of nitrogens with zero attached hydrogens (tertiary/aromatic N) is 1. The van der Waals surface area contributed by atoms with E-state index in [1.807, 2.05) is 26.0 Å². The zero-order valence-electron chi connectivity index (χ0n) is 8.00. The van der Waals surface area contributed by atoms with E-state index in [-0.39, 0.29) is 0 Å². The van der Waals surface area contributed by atoms with Gasteiger partial charge in [-0.2, -0.15) is 0 Å². The fourth-order valence-electron chi connectivity index (χ4n) is 1.10. The second-order valence-corrected chi connectivity index (χ2v) is 2.78. The first-order valence-corrected chi connectivity index (χ1v) is 4.34. The Kier molecular flexibility index (Phi) is 3.43. The molecule has 3 heteroatoms. The van der Waals surface area contributed by atoms with Gasteiger partial charge in [-0.05, 0) is 25.5 Å². The van der Waals surface area contributed by atoms with E-state index >= 15 is 0 Å². The van der Waals surface area contributed by atoms with Crippen molar-refractivity contribution in [1.82, 2.24) is 4.98 Å². The molecule has 0 fully saturated rings. The van der Waals surface area contributed by atoms with Crippen LogP contribution in [0.25, 0.3) is 0 Å². The number of aromatic nitrogens is 1. The second kappa shape index (κ2) is 4.60. The Hall–Kier alpha value is -1.38. The summed E-state index contributed by atoms with van der Waals surface area (Å²) in [6.07, 6.45) is 2.29. The van der Waals surface area contributed by atoms with Crippen LogP contribution >= 0.6 is 0 Å². The third kappa shape index (κ3) is 2.86. The smallest absolute Gasteiger partial charge is 0.184 e. The molecule has 1 N–H and O–H groups in total. The Balaban J connectivity index is 2.63. The molecule has 1 heterocycles. The van der Waals surface area contributed by atoms with Gasteiger partial charge in [0.25, 0.3) is 0 Å². The van der Waals surface area contributed by atoms with E-state index in [1.165, 1.54) is 0 Å². The molecule has 0 radical (unpaired) electrons. The SMILES string of the molecule is CCOC(=N)Cc1cccnc1C. The standard InChI is InChI=1S/C10H14N2O/c1-3-13-10(11)7-9-5-4-6-12-8(9)2/h4-6,11H,3,7H2,1-2H3. The normalized spacial score (nSPS) is 9.69. The summed E-state index contributed by atoms with van der Waals surface area (Å²) in [6.45, 7) is 4.37. The number of hydrogen-bond acceptors (Lipinski definition) is 3. The van der Waals surface area contributed by atoms with E-state index in [2.05, 4.69) is 4.98 Å². The predicted molar refractivity (Wildman–Crippen MR) is 52.0 cm³/mol. The van der Waals surface area contributed by atoms with Crippen LogP contribution in [0.5, 0.6) is 0 Å². The number of hydrogen-bond donors (Lipinski definition) is 1. The number of ether oxygens (including phenoxy) is 1. The molecule has 0 aromatic carbocycles. The monoisotopic (exact) mass is 178 g/mol. The first-order valence-electron chi connectivity index (χ1n) is 4.34. The van der Waals surface area contributed by atoms with Crippen molar-refractivity contribution in [2.75, 3.05) is 6.61 Å². The molecule has 1 rings (SSSR count). The van der Waals surface area contributed by atoms with Crippen LogP contribution in [0.15, 0.2) is 18.3 Å². The van der Waals surface area contributed by atoms with Gasteiger partial charge in [0.15, 0.2) is 5.90 Å². The average molecular weight is 178 g/mol. The van der Waals surface area contributed by atoms with Crippen molar-refractivity contribution >= 4 is 5.90 Å². The van der Waals surface area contributed by atoms with E-state index in [0.29, 0.717) is 18.9 Å². The van der Waals surface area contributed by atoms with Crippen LogP contribution in [0, 0.1) is 12.3 Å². The summed E-state index contributed by atoms with van der Waals surface area (Å²) < 4.78 is 5.06. The van der Waals surface area contributed by atoms with Gasteiger partial charge in [0.05, 0.1) is 13.0 Å². The minimum atomic E-state index is 0.304. The quantitative estimate of drug-likeness (QED) is 0.568. The summed E-state index contributed by atoms with van der Waals surface area (Å²) in [5.74, 6) is 0.304. The lowest BCUT2D eigenvalue weighted by Crippen LogP contribution is -2.07. The summed E-state index contributed by atoms with van der Waals surface area (Å²) >= 11 is 0. The molecule has 0 unspecified atom stereocenters. The van der Waals surface area contributed by atoms with Crippen molar-refractivity contribution in [1.29, 1.82) is 5.41 Å². The van der Waals surface area contributed by atoms with Gasteiger partial charge >= 0.3 is 0 Å². The maximum absolute atomic E-state index is 7.47. The number of aryl methyl sites for hydroxylation is 1. The lowest BCUT2D eigenvalue weighted by Gasteiger charge is -2.06. The minimum absolute atomic E-state index is 0.304. The van der Waals surface area contributed by atoms with E-state index in [1.54, 1.807) is 6.20 Å². The van der Waals surface area contributed by atoms with Crippen molar-refractivity contribution in [3.8, 4) is 0 Å². The maximum atomic E-state index is 7.47. The molecular weight excluding hydrogens is 164 g/mol. The molecule has 0 spiro atoms. The largest absolute Gasteiger partial charge is 0.481 e. The second-order valence-electron chi connectivity index (χ2n) is 2.78. The third-order valence-corrected chi connectivity index (χ3v) is 1.79. The van der Waals surface area contributed by atoms with Gasteiger partial charge in [-0.15, -0.1) is 0 Å². The molecule has 70 valence electrons. The molecule has 0 aliphatic rings. The highest BCUT2D eigenvalue weighted by molar-refractivity contribution is 5.75. The van der Waals surface area contributed by atoms with Crippen LogP contribution in [-0.2, 0) is 11.2 Å². The fraction of sp³-hybridized carbons (Fsp3) is 0.400. The molecule has 1 aromatic heterocycles. The zero-order valence-corrected chi connectivity index (χ0v) is 8.00. The van der Waals surface area contributed by atoms with Crippen molar-refractivity contribution in [3.05, 3.63) is 29.6 Å². The van der Waals surface area contributed by atoms with E-state index in [9.17, 15) is 0 Å². The van der Waals surface area contributed by atoms with Crippen LogP contribution < -0.4 is 0 Å². The average Bonchev–Trinajstić information content (AvgIpc) is 2.09. The molecule has 0 saturated carbocycles. The van der Waals surface area contributed by atoms with Gasteiger partial charge in [-0.1, -0.05) is 6.07 Å². The lowest BCUT2D eigenvalue weighted by atomic mass is 10.1. The third-order valence-electron chi connectivity index (χ3n) is 1.79. The Morgan fingerprint density at radius 1 is 1.62 bits per heavy atom. The number of pyridine rings is 1. The molecule has 3 nitrogen and oxygen atoms in total. The Morgan fingerprint density at radius 3 is 3.00 bits per heavy atom. The Morgan fingerprint density at radius 2 is 2.38 bits per heavy atom. The summed E-state index contributed by atoms with van der Waals surface area (Å²) in [4.78, 5) is 4.14. The van der Waals surface area contributed by atoms with Gasteiger partial charge in [-0.25, -0.2) is 0 Å². The van der Waals surface area contributed by atoms with Crippen LogP contribution in [0.4, 0.5) is 0 Å². The number of rotatable bonds is 3.